The van der Waals surface area contributed by atoms with E-state index in [1.165, 1.54) is 11.1 Å². The molecule has 0 aliphatic carbocycles. The monoisotopic (exact) mass is 455 g/mol. The lowest BCUT2D eigenvalue weighted by atomic mass is 9.82. The molecule has 3 atom stereocenters. The summed E-state index contributed by atoms with van der Waals surface area (Å²) in [5.41, 5.74) is 2.48. The van der Waals surface area contributed by atoms with Crippen molar-refractivity contribution in [2.45, 2.75) is 57.3 Å². The molecule has 0 bridgehead atoms. The molecule has 2 aliphatic rings. The molecule has 8 heteroatoms. The topological polar surface area (TPSA) is 82.0 Å². The highest BCUT2D eigenvalue weighted by Gasteiger charge is 2.41. The predicted octanol–water partition coefficient (Wildman–Crippen LogP) is 3.76. The Hall–Kier alpha value is -3.00. The number of ether oxygens (including phenoxy) is 3. The van der Waals surface area contributed by atoms with Gasteiger partial charge in [0.1, 0.15) is 5.60 Å². The average molecular weight is 456 g/mol. The third kappa shape index (κ3) is 4.85. The molecule has 1 aromatic heterocycles. The number of benzene rings is 1. The van der Waals surface area contributed by atoms with Crippen molar-refractivity contribution in [2.75, 3.05) is 27.3 Å². The lowest BCUT2D eigenvalue weighted by molar-refractivity contribution is 0.0356. The number of aromatic nitrogens is 1. The summed E-state index contributed by atoms with van der Waals surface area (Å²) in [5.74, 6) is 1.44. The molecular formula is C25H33N3O5. The van der Waals surface area contributed by atoms with Gasteiger partial charge in [0.2, 0.25) is 0 Å². The molecule has 2 aromatic rings. The van der Waals surface area contributed by atoms with Crippen molar-refractivity contribution in [1.82, 2.24) is 14.8 Å². The minimum atomic E-state index is -0.584. The highest BCUT2D eigenvalue weighted by atomic mass is 16.6. The number of carbonyl (C=O) groups is 2. The summed E-state index contributed by atoms with van der Waals surface area (Å²) in [4.78, 5) is 26.4. The molecule has 0 saturated carbocycles. The van der Waals surface area contributed by atoms with Crippen molar-refractivity contribution in [3.05, 3.63) is 47.3 Å². The summed E-state index contributed by atoms with van der Waals surface area (Å²) in [7, 11) is 3.29. The van der Waals surface area contributed by atoms with E-state index in [0.717, 1.165) is 31.5 Å². The van der Waals surface area contributed by atoms with Gasteiger partial charge < -0.3 is 24.1 Å². The maximum absolute atomic E-state index is 12.7. The molecule has 1 saturated heterocycles. The van der Waals surface area contributed by atoms with Crippen LogP contribution < -0.4 is 14.8 Å². The first-order valence-corrected chi connectivity index (χ1v) is 11.3. The van der Waals surface area contributed by atoms with Gasteiger partial charge in [-0.3, -0.25) is 9.69 Å². The van der Waals surface area contributed by atoms with Crippen LogP contribution in [0.25, 0.3) is 0 Å². The van der Waals surface area contributed by atoms with Crippen LogP contribution in [0.15, 0.2) is 30.6 Å². The molecule has 3 heterocycles. The van der Waals surface area contributed by atoms with Crippen molar-refractivity contribution >= 4 is 12.4 Å². The third-order valence-electron chi connectivity index (χ3n) is 6.44. The number of hydrogen-bond donors (Lipinski definition) is 1. The first kappa shape index (κ1) is 23.2. The summed E-state index contributed by atoms with van der Waals surface area (Å²) in [6.07, 6.45) is 5.78. The van der Waals surface area contributed by atoms with Crippen LogP contribution in [0, 0.1) is 0 Å². The van der Waals surface area contributed by atoms with E-state index in [0.29, 0.717) is 17.7 Å². The number of amides is 1. The Labute approximate surface area is 194 Å². The minimum Gasteiger partial charge on any atom is -0.493 e. The summed E-state index contributed by atoms with van der Waals surface area (Å²) in [6, 6.07) is 5.86. The van der Waals surface area contributed by atoms with Gasteiger partial charge in [-0.1, -0.05) is 0 Å². The Morgan fingerprint density at radius 3 is 2.55 bits per heavy atom. The maximum Gasteiger partial charge on any atom is 0.407 e. The lowest BCUT2D eigenvalue weighted by Gasteiger charge is -2.47. The van der Waals surface area contributed by atoms with Crippen LogP contribution in [-0.4, -0.2) is 60.8 Å². The van der Waals surface area contributed by atoms with E-state index in [4.69, 9.17) is 14.2 Å². The summed E-state index contributed by atoms with van der Waals surface area (Å²) >= 11 is 0. The fourth-order valence-electron chi connectivity index (χ4n) is 4.96. The molecule has 33 heavy (non-hydrogen) atoms. The number of hydrogen-bond acceptors (Lipinski definition) is 6. The smallest absolute Gasteiger partial charge is 0.407 e. The van der Waals surface area contributed by atoms with Gasteiger partial charge in [-0.2, -0.15) is 0 Å². The van der Waals surface area contributed by atoms with Gasteiger partial charge in [-0.25, -0.2) is 4.79 Å². The van der Waals surface area contributed by atoms with E-state index in [2.05, 4.69) is 22.3 Å². The standard InChI is InChI=1S/C25H33N3O5/c1-25(2,3)33-24(30)26-19-12-20-18-11-23(32-5)22(31-4)10-17(18)7-9-28(20)14-21(19)27-8-6-16(13-27)15-29/h6,8,10-11,13,15,19-21H,7,9,12,14H2,1-5H3,(H,26,30). The van der Waals surface area contributed by atoms with E-state index < -0.39 is 11.7 Å². The summed E-state index contributed by atoms with van der Waals surface area (Å²) in [5, 5.41) is 3.11. The van der Waals surface area contributed by atoms with Gasteiger partial charge in [0.25, 0.3) is 0 Å². The van der Waals surface area contributed by atoms with E-state index in [1.807, 2.05) is 37.7 Å². The third-order valence-corrected chi connectivity index (χ3v) is 6.44. The predicted molar refractivity (Wildman–Crippen MR) is 124 cm³/mol. The Bertz CT molecular complexity index is 1030. The van der Waals surface area contributed by atoms with E-state index >= 15 is 0 Å². The zero-order valence-corrected chi connectivity index (χ0v) is 20.0. The van der Waals surface area contributed by atoms with E-state index in [-0.39, 0.29) is 18.1 Å². The maximum atomic E-state index is 12.7. The molecule has 1 N–H and O–H groups in total. The van der Waals surface area contributed by atoms with Crippen LogP contribution in [0.4, 0.5) is 4.79 Å². The second-order valence-electron chi connectivity index (χ2n) is 9.73. The number of rotatable bonds is 5. The molecule has 2 aliphatic heterocycles. The average Bonchev–Trinajstić information content (AvgIpc) is 3.25. The largest absolute Gasteiger partial charge is 0.493 e. The molecule has 4 rings (SSSR count). The molecule has 0 radical (unpaired) electrons. The van der Waals surface area contributed by atoms with Crippen LogP contribution in [-0.2, 0) is 11.2 Å². The SMILES string of the molecule is COc1cc2c(cc1OC)C1CC(NC(=O)OC(C)(C)C)C(n3ccc(C=O)c3)CN1CC2. The van der Waals surface area contributed by atoms with Gasteiger partial charge in [0, 0.05) is 37.1 Å². The van der Waals surface area contributed by atoms with Crippen molar-refractivity contribution in [2.24, 2.45) is 0 Å². The molecule has 1 aromatic carbocycles. The van der Waals surface area contributed by atoms with Gasteiger partial charge in [-0.05, 0) is 62.9 Å². The van der Waals surface area contributed by atoms with Crippen LogP contribution in [0.5, 0.6) is 11.5 Å². The van der Waals surface area contributed by atoms with E-state index in [9.17, 15) is 9.59 Å². The number of nitrogens with one attached hydrogen (secondary N) is 1. The minimum absolute atomic E-state index is 0.0239. The Morgan fingerprint density at radius 2 is 1.91 bits per heavy atom. The molecule has 8 nitrogen and oxygen atoms in total. The fraction of sp³-hybridized carbons (Fsp3) is 0.520. The van der Waals surface area contributed by atoms with Crippen LogP contribution in [0.3, 0.4) is 0 Å². The molecule has 3 unspecified atom stereocenters. The van der Waals surface area contributed by atoms with Crippen molar-refractivity contribution in [3.63, 3.8) is 0 Å². The van der Waals surface area contributed by atoms with Crippen LogP contribution >= 0.6 is 0 Å². The van der Waals surface area contributed by atoms with Gasteiger partial charge in [0.05, 0.1) is 26.3 Å². The molecule has 1 fully saturated rings. The number of nitrogens with zero attached hydrogens (tertiary/aromatic N) is 2. The first-order valence-electron chi connectivity index (χ1n) is 11.3. The van der Waals surface area contributed by atoms with Crippen LogP contribution in [0.1, 0.15) is 60.8 Å². The Morgan fingerprint density at radius 1 is 1.18 bits per heavy atom. The second-order valence-corrected chi connectivity index (χ2v) is 9.73. The molecule has 178 valence electrons. The number of alkyl carbamates (subject to hydrolysis) is 1. The summed E-state index contributed by atoms with van der Waals surface area (Å²) in [6.45, 7) is 7.21. The highest BCUT2D eigenvalue weighted by Crippen LogP contribution is 2.43. The quantitative estimate of drug-likeness (QED) is 0.692. The Balaban J connectivity index is 1.66. The zero-order chi connectivity index (χ0) is 23.8. The second kappa shape index (κ2) is 9.09. The molecule has 0 spiro atoms. The Kier molecular flexibility index (Phi) is 6.38. The molecule has 1 amide bonds. The van der Waals surface area contributed by atoms with Gasteiger partial charge >= 0.3 is 6.09 Å². The first-order chi connectivity index (χ1) is 15.7. The number of piperidine rings is 1. The van der Waals surface area contributed by atoms with E-state index in [1.54, 1.807) is 20.3 Å². The number of fused-ring (bicyclic) bond motifs is 3. The van der Waals surface area contributed by atoms with Crippen LogP contribution in [0.2, 0.25) is 0 Å². The van der Waals surface area contributed by atoms with Crippen molar-refractivity contribution < 1.29 is 23.8 Å². The lowest BCUT2D eigenvalue weighted by Crippen LogP contribution is -2.54. The molecular weight excluding hydrogens is 422 g/mol. The summed E-state index contributed by atoms with van der Waals surface area (Å²) < 4.78 is 18.7. The van der Waals surface area contributed by atoms with Crippen molar-refractivity contribution in [3.8, 4) is 11.5 Å². The van der Waals surface area contributed by atoms with Gasteiger partial charge in [-0.15, -0.1) is 0 Å². The number of methoxy groups -OCH3 is 2. The zero-order valence-electron chi connectivity index (χ0n) is 20.0. The fourth-order valence-corrected chi connectivity index (χ4v) is 4.96. The van der Waals surface area contributed by atoms with Crippen molar-refractivity contribution in [1.29, 1.82) is 0 Å². The highest BCUT2D eigenvalue weighted by molar-refractivity contribution is 5.74. The van der Waals surface area contributed by atoms with Gasteiger partial charge in [0.15, 0.2) is 17.8 Å². The number of aldehydes is 1. The number of carbonyl (C=O) groups excluding carboxylic acids is 2. The normalized spacial score (nSPS) is 22.6.